The van der Waals surface area contributed by atoms with E-state index in [1.807, 2.05) is 91.0 Å². The first kappa shape index (κ1) is 22.0. The second-order valence-corrected chi connectivity index (χ2v) is 7.50. The number of carbonyl (C=O) groups is 1. The fourth-order valence-electron chi connectivity index (χ4n) is 3.31. The highest BCUT2D eigenvalue weighted by Gasteiger charge is 2.08. The highest BCUT2D eigenvalue weighted by molar-refractivity contribution is 6.01. The first-order chi connectivity index (χ1) is 16.2. The standard InChI is InChI=1S/C27H24N2O4/c30-27(31)17-16-26(21-6-2-1-3-7-21)29-33-18-20-10-14-24(15-11-20)32-19-23-13-12-22-8-4-5-9-25(22)28-23/h1-15H,16-19H2,(H,30,31)/b29-26-. The molecule has 0 atom stereocenters. The Labute approximate surface area is 192 Å². The predicted octanol–water partition coefficient (Wildman–Crippen LogP) is 5.60. The van der Waals surface area contributed by atoms with Crippen molar-refractivity contribution in [2.75, 3.05) is 0 Å². The lowest BCUT2D eigenvalue weighted by Gasteiger charge is -2.08. The van der Waals surface area contributed by atoms with E-state index >= 15 is 0 Å². The van der Waals surface area contributed by atoms with E-state index in [1.54, 1.807) is 0 Å². The summed E-state index contributed by atoms with van der Waals surface area (Å²) in [6.45, 7) is 0.658. The average molecular weight is 440 g/mol. The van der Waals surface area contributed by atoms with Crippen molar-refractivity contribution in [2.45, 2.75) is 26.1 Å². The van der Waals surface area contributed by atoms with E-state index in [4.69, 9.17) is 14.7 Å². The zero-order valence-electron chi connectivity index (χ0n) is 18.1. The van der Waals surface area contributed by atoms with E-state index in [2.05, 4.69) is 10.1 Å². The van der Waals surface area contributed by atoms with E-state index < -0.39 is 5.97 Å². The van der Waals surface area contributed by atoms with Crippen molar-refractivity contribution in [3.05, 3.63) is 108 Å². The Kier molecular flexibility index (Phi) is 7.28. The van der Waals surface area contributed by atoms with Gasteiger partial charge in [0.2, 0.25) is 0 Å². The maximum atomic E-state index is 11.0. The Balaban J connectivity index is 1.33. The minimum absolute atomic E-state index is 0.00477. The summed E-state index contributed by atoms with van der Waals surface area (Å²) < 4.78 is 5.86. The number of para-hydroxylation sites is 1. The largest absolute Gasteiger partial charge is 0.487 e. The molecule has 6 heteroatoms. The molecule has 0 spiro atoms. The minimum atomic E-state index is -0.867. The van der Waals surface area contributed by atoms with Crippen LogP contribution in [0.4, 0.5) is 0 Å². The molecule has 0 fully saturated rings. The van der Waals surface area contributed by atoms with E-state index in [0.717, 1.165) is 33.5 Å². The lowest BCUT2D eigenvalue weighted by atomic mass is 10.1. The van der Waals surface area contributed by atoms with E-state index in [1.165, 1.54) is 0 Å². The molecule has 0 amide bonds. The molecule has 1 N–H and O–H groups in total. The number of ether oxygens (including phenoxy) is 1. The van der Waals surface area contributed by atoms with Crippen molar-refractivity contribution in [2.24, 2.45) is 5.16 Å². The first-order valence-electron chi connectivity index (χ1n) is 10.7. The number of hydrogen-bond donors (Lipinski definition) is 1. The Hall–Kier alpha value is -4.19. The van der Waals surface area contributed by atoms with Crippen LogP contribution in [0.5, 0.6) is 5.75 Å². The van der Waals surface area contributed by atoms with Gasteiger partial charge in [-0.25, -0.2) is 4.98 Å². The van der Waals surface area contributed by atoms with Crippen LogP contribution in [0.15, 0.2) is 96.2 Å². The van der Waals surface area contributed by atoms with Gasteiger partial charge < -0.3 is 14.7 Å². The molecule has 0 bridgehead atoms. The van der Waals surface area contributed by atoms with Gasteiger partial charge in [-0.3, -0.25) is 4.79 Å². The Bertz CT molecular complexity index is 1240. The van der Waals surface area contributed by atoms with E-state index in [-0.39, 0.29) is 13.0 Å². The molecule has 33 heavy (non-hydrogen) atoms. The monoisotopic (exact) mass is 440 g/mol. The molecule has 0 aliphatic heterocycles. The Morgan fingerprint density at radius 2 is 1.58 bits per heavy atom. The third-order valence-electron chi connectivity index (χ3n) is 5.05. The smallest absolute Gasteiger partial charge is 0.303 e. The number of benzene rings is 3. The molecule has 166 valence electrons. The van der Waals surface area contributed by atoms with Crippen molar-refractivity contribution in [1.29, 1.82) is 0 Å². The fourth-order valence-corrected chi connectivity index (χ4v) is 3.31. The van der Waals surface area contributed by atoms with Gasteiger partial charge in [-0.1, -0.05) is 71.9 Å². The number of hydrogen-bond acceptors (Lipinski definition) is 5. The van der Waals surface area contributed by atoms with Gasteiger partial charge in [0.05, 0.1) is 23.3 Å². The van der Waals surface area contributed by atoms with Crippen molar-refractivity contribution >= 4 is 22.6 Å². The summed E-state index contributed by atoms with van der Waals surface area (Å²) in [6, 6.07) is 29.0. The van der Waals surface area contributed by atoms with Gasteiger partial charge in [-0.15, -0.1) is 0 Å². The summed E-state index contributed by atoms with van der Waals surface area (Å²) in [5.41, 5.74) is 4.21. The molecule has 4 aromatic rings. The molecule has 0 aliphatic carbocycles. The maximum absolute atomic E-state index is 11.0. The SMILES string of the molecule is O=C(O)CC/C(=N/OCc1ccc(OCc2ccc3ccccc3n2)cc1)c1ccccc1. The lowest BCUT2D eigenvalue weighted by molar-refractivity contribution is -0.136. The number of rotatable bonds is 10. The quantitative estimate of drug-likeness (QED) is 0.256. The van der Waals surface area contributed by atoms with Crippen LogP contribution in [-0.4, -0.2) is 21.8 Å². The highest BCUT2D eigenvalue weighted by atomic mass is 16.6. The van der Waals surface area contributed by atoms with Gasteiger partial charge in [0.1, 0.15) is 19.0 Å². The zero-order chi connectivity index (χ0) is 22.9. The molecule has 0 radical (unpaired) electrons. The van der Waals surface area contributed by atoms with Crippen LogP contribution in [0.3, 0.4) is 0 Å². The first-order valence-corrected chi connectivity index (χ1v) is 10.7. The van der Waals surface area contributed by atoms with Crippen LogP contribution < -0.4 is 4.74 Å². The summed E-state index contributed by atoms with van der Waals surface area (Å²) in [6.07, 6.45) is 0.296. The summed E-state index contributed by atoms with van der Waals surface area (Å²) in [5, 5.41) is 14.3. The number of oxime groups is 1. The topological polar surface area (TPSA) is 81.0 Å². The number of carboxylic acids is 1. The molecule has 0 saturated heterocycles. The highest BCUT2D eigenvalue weighted by Crippen LogP contribution is 2.17. The van der Waals surface area contributed by atoms with Crippen LogP contribution in [0.2, 0.25) is 0 Å². The second-order valence-electron chi connectivity index (χ2n) is 7.50. The summed E-state index contributed by atoms with van der Waals surface area (Å²) in [4.78, 5) is 21.1. The predicted molar refractivity (Wildman–Crippen MR) is 127 cm³/mol. The van der Waals surface area contributed by atoms with Gasteiger partial charge in [0.25, 0.3) is 0 Å². The molecule has 6 nitrogen and oxygen atoms in total. The normalized spacial score (nSPS) is 11.3. The van der Waals surface area contributed by atoms with Crippen LogP contribution >= 0.6 is 0 Å². The van der Waals surface area contributed by atoms with Crippen LogP contribution in [0.1, 0.15) is 29.7 Å². The van der Waals surface area contributed by atoms with Crippen LogP contribution in [0.25, 0.3) is 10.9 Å². The van der Waals surface area contributed by atoms with Gasteiger partial charge in [-0.05, 0) is 35.4 Å². The molecule has 0 unspecified atom stereocenters. The van der Waals surface area contributed by atoms with Crippen LogP contribution in [-0.2, 0) is 22.8 Å². The molecule has 1 heterocycles. The molecule has 4 rings (SSSR count). The second kappa shape index (κ2) is 10.9. The minimum Gasteiger partial charge on any atom is -0.487 e. The number of carboxylic acid groups (broad SMARTS) is 1. The third-order valence-corrected chi connectivity index (χ3v) is 5.05. The molecular weight excluding hydrogens is 416 g/mol. The van der Waals surface area contributed by atoms with E-state index in [9.17, 15) is 4.79 Å². The van der Waals surface area contributed by atoms with Crippen molar-refractivity contribution in [3.8, 4) is 5.75 Å². The molecule has 1 aromatic heterocycles. The maximum Gasteiger partial charge on any atom is 0.303 e. The molecule has 3 aromatic carbocycles. The van der Waals surface area contributed by atoms with Gasteiger partial charge in [0.15, 0.2) is 0 Å². The zero-order valence-corrected chi connectivity index (χ0v) is 18.1. The summed E-state index contributed by atoms with van der Waals surface area (Å²) >= 11 is 0. The number of fused-ring (bicyclic) bond motifs is 1. The van der Waals surface area contributed by atoms with E-state index in [0.29, 0.717) is 18.7 Å². The fraction of sp³-hybridized carbons (Fsp3) is 0.148. The molecule has 0 saturated carbocycles. The molecular formula is C27H24N2O4. The van der Waals surface area contributed by atoms with Gasteiger partial charge in [0, 0.05) is 11.8 Å². The number of aliphatic carboxylic acids is 1. The number of pyridine rings is 1. The van der Waals surface area contributed by atoms with Crippen molar-refractivity contribution in [3.63, 3.8) is 0 Å². The average Bonchev–Trinajstić information content (AvgIpc) is 2.86. The number of nitrogens with zero attached hydrogens (tertiary/aromatic N) is 2. The van der Waals surface area contributed by atoms with Gasteiger partial charge in [-0.2, -0.15) is 0 Å². The molecule has 0 aliphatic rings. The number of aromatic nitrogens is 1. The van der Waals surface area contributed by atoms with Crippen LogP contribution in [0, 0.1) is 0 Å². The van der Waals surface area contributed by atoms with Crippen molar-refractivity contribution in [1.82, 2.24) is 4.98 Å². The van der Waals surface area contributed by atoms with Crippen molar-refractivity contribution < 1.29 is 19.5 Å². The lowest BCUT2D eigenvalue weighted by Crippen LogP contribution is -2.06. The summed E-state index contributed by atoms with van der Waals surface area (Å²) in [7, 11) is 0. The Morgan fingerprint density at radius 3 is 2.36 bits per heavy atom. The summed E-state index contributed by atoms with van der Waals surface area (Å²) in [5.74, 6) is -0.128. The Morgan fingerprint density at radius 1 is 0.818 bits per heavy atom. The third kappa shape index (κ3) is 6.40. The van der Waals surface area contributed by atoms with Gasteiger partial charge >= 0.3 is 5.97 Å².